The number of H-pyrrole nitrogens is 1. The smallest absolute Gasteiger partial charge is 0.228 e. The van der Waals surface area contributed by atoms with E-state index in [0.29, 0.717) is 23.4 Å². The monoisotopic (exact) mass is 421 g/mol. The number of hydrogen-bond acceptors (Lipinski definition) is 3. The molecule has 0 saturated heterocycles. The number of ketones is 1. The molecule has 31 heavy (non-hydrogen) atoms. The molecule has 0 radical (unpaired) electrons. The van der Waals surface area contributed by atoms with Crippen molar-refractivity contribution in [2.24, 2.45) is 5.92 Å². The molecule has 0 atom stereocenters. The van der Waals surface area contributed by atoms with Crippen molar-refractivity contribution in [2.45, 2.75) is 38.5 Å². The molecule has 0 aliphatic heterocycles. The van der Waals surface area contributed by atoms with E-state index < -0.39 is 11.6 Å². The molecule has 0 unspecified atom stereocenters. The summed E-state index contributed by atoms with van der Waals surface area (Å²) in [7, 11) is 0. The van der Waals surface area contributed by atoms with Crippen LogP contribution in [0.1, 0.15) is 52.9 Å². The van der Waals surface area contributed by atoms with Crippen molar-refractivity contribution in [3.05, 3.63) is 70.5 Å². The Hall–Kier alpha value is -3.35. The van der Waals surface area contributed by atoms with Gasteiger partial charge >= 0.3 is 0 Å². The third-order valence-electron chi connectivity index (χ3n) is 5.90. The summed E-state index contributed by atoms with van der Waals surface area (Å²) in [5, 5.41) is 2.85. The summed E-state index contributed by atoms with van der Waals surface area (Å²) in [5.41, 5.74) is 4.37. The number of nitrogens with zero attached hydrogens (tertiary/aromatic N) is 1. The highest BCUT2D eigenvalue weighted by Crippen LogP contribution is 2.35. The molecule has 2 N–H and O–H groups in total. The van der Waals surface area contributed by atoms with Gasteiger partial charge in [-0.15, -0.1) is 0 Å². The summed E-state index contributed by atoms with van der Waals surface area (Å²) in [6, 6.07) is 7.38. The number of carbonyl (C=O) groups excluding carboxylic acids is 2. The maximum atomic E-state index is 13.8. The van der Waals surface area contributed by atoms with Gasteiger partial charge in [0, 0.05) is 41.8 Å². The molecule has 2 aromatic heterocycles. The van der Waals surface area contributed by atoms with Gasteiger partial charge in [-0.2, -0.15) is 0 Å². The minimum Gasteiger partial charge on any atom is -0.358 e. The van der Waals surface area contributed by atoms with Crippen LogP contribution in [0.15, 0.2) is 36.5 Å². The summed E-state index contributed by atoms with van der Waals surface area (Å²) in [6.07, 6.45) is 5.69. The number of pyridine rings is 1. The first-order chi connectivity index (χ1) is 15.0. The number of aromatic amines is 1. The van der Waals surface area contributed by atoms with Crippen LogP contribution in [-0.2, 0) is 17.6 Å². The van der Waals surface area contributed by atoms with E-state index in [1.807, 2.05) is 6.07 Å². The van der Waals surface area contributed by atoms with E-state index in [1.165, 1.54) is 12.1 Å². The first-order valence-electron chi connectivity index (χ1n) is 10.5. The van der Waals surface area contributed by atoms with Gasteiger partial charge in [-0.05, 0) is 61.1 Å². The first-order valence-corrected chi connectivity index (χ1v) is 10.5. The van der Waals surface area contributed by atoms with Crippen molar-refractivity contribution in [3.63, 3.8) is 0 Å². The van der Waals surface area contributed by atoms with Crippen LogP contribution in [0, 0.1) is 17.6 Å². The lowest BCUT2D eigenvalue weighted by Crippen LogP contribution is -2.14. The molecular formula is C24H21F2N3O2. The molecule has 158 valence electrons. The zero-order chi connectivity index (χ0) is 21.5. The zero-order valence-electron chi connectivity index (χ0n) is 16.8. The topological polar surface area (TPSA) is 74.8 Å². The van der Waals surface area contributed by atoms with Gasteiger partial charge in [0.25, 0.3) is 0 Å². The Balaban J connectivity index is 1.56. The highest BCUT2D eigenvalue weighted by molar-refractivity contribution is 6.01. The van der Waals surface area contributed by atoms with Crippen LogP contribution in [0.2, 0.25) is 0 Å². The molecule has 0 spiro atoms. The van der Waals surface area contributed by atoms with E-state index in [9.17, 15) is 18.4 Å². The summed E-state index contributed by atoms with van der Waals surface area (Å²) in [6.45, 7) is 0. The predicted octanol–water partition coefficient (Wildman–Crippen LogP) is 4.81. The van der Waals surface area contributed by atoms with E-state index in [-0.39, 0.29) is 24.0 Å². The number of anilines is 1. The van der Waals surface area contributed by atoms with Gasteiger partial charge in [0.15, 0.2) is 17.4 Å². The normalized spacial score (nSPS) is 15.6. The molecular weight excluding hydrogens is 400 g/mol. The predicted molar refractivity (Wildman–Crippen MR) is 112 cm³/mol. The number of rotatable bonds is 5. The van der Waals surface area contributed by atoms with Gasteiger partial charge in [0.2, 0.25) is 5.91 Å². The maximum absolute atomic E-state index is 13.8. The van der Waals surface area contributed by atoms with Gasteiger partial charge in [-0.1, -0.05) is 6.07 Å². The second-order valence-corrected chi connectivity index (χ2v) is 8.23. The highest BCUT2D eigenvalue weighted by atomic mass is 19.2. The van der Waals surface area contributed by atoms with Crippen molar-refractivity contribution < 1.29 is 18.4 Å². The average molecular weight is 421 g/mol. The van der Waals surface area contributed by atoms with Gasteiger partial charge < -0.3 is 10.3 Å². The van der Waals surface area contributed by atoms with Gasteiger partial charge in [-0.25, -0.2) is 13.8 Å². The number of halogens is 2. The second kappa shape index (κ2) is 7.72. The van der Waals surface area contributed by atoms with Crippen molar-refractivity contribution in [1.82, 2.24) is 9.97 Å². The molecule has 2 aliphatic carbocycles. The van der Waals surface area contributed by atoms with Gasteiger partial charge in [0.05, 0.1) is 5.69 Å². The molecule has 0 bridgehead atoms. The summed E-state index contributed by atoms with van der Waals surface area (Å²) < 4.78 is 27.2. The Morgan fingerprint density at radius 2 is 1.97 bits per heavy atom. The molecule has 1 amide bonds. The van der Waals surface area contributed by atoms with Crippen LogP contribution < -0.4 is 5.32 Å². The fraction of sp³-hybridized carbons (Fsp3) is 0.292. The Morgan fingerprint density at radius 3 is 2.74 bits per heavy atom. The van der Waals surface area contributed by atoms with Crippen LogP contribution >= 0.6 is 0 Å². The lowest BCUT2D eigenvalue weighted by molar-refractivity contribution is -0.117. The Labute approximate surface area is 177 Å². The molecule has 1 aromatic carbocycles. The minimum atomic E-state index is -0.913. The van der Waals surface area contributed by atoms with Crippen LogP contribution in [-0.4, -0.2) is 21.7 Å². The number of Topliss-reactive ketones (excluding diaryl/α,β-unsaturated/α-hetero) is 1. The number of amides is 1. The van der Waals surface area contributed by atoms with Crippen molar-refractivity contribution in [3.8, 4) is 11.3 Å². The number of hydrogen-bond donors (Lipinski definition) is 2. The minimum absolute atomic E-state index is 0.0346. The standard InChI is InChI=1S/C24H21F2N3O2/c25-17-7-4-13(11-18(17)26)10-16-22-19(2-1-3-20(22)30)28-23(16)15-8-9-27-21(12-15)29-24(31)14-5-6-14/h4,7-9,11-12,14,28H,1-3,5-6,10H2,(H,27,29,31). The lowest BCUT2D eigenvalue weighted by atomic mass is 9.89. The number of nitrogens with one attached hydrogen (secondary N) is 2. The quantitative estimate of drug-likeness (QED) is 0.621. The SMILES string of the molecule is O=C1CCCc2[nH]c(-c3ccnc(NC(=O)C4CC4)c3)c(Cc3ccc(F)c(F)c3)c21. The average Bonchev–Trinajstić information content (AvgIpc) is 3.54. The largest absolute Gasteiger partial charge is 0.358 e. The highest BCUT2D eigenvalue weighted by Gasteiger charge is 2.30. The molecule has 2 heterocycles. The van der Waals surface area contributed by atoms with Crippen LogP contribution in [0.4, 0.5) is 14.6 Å². The summed E-state index contributed by atoms with van der Waals surface area (Å²) in [4.78, 5) is 32.5. The Kier molecular flexibility index (Phi) is 4.88. The Bertz CT molecular complexity index is 1200. The second-order valence-electron chi connectivity index (χ2n) is 8.23. The fourth-order valence-electron chi connectivity index (χ4n) is 4.18. The van der Waals surface area contributed by atoms with Crippen LogP contribution in [0.5, 0.6) is 0 Å². The molecule has 1 fully saturated rings. The van der Waals surface area contributed by atoms with Gasteiger partial charge in [0.1, 0.15) is 5.82 Å². The van der Waals surface area contributed by atoms with Crippen LogP contribution in [0.3, 0.4) is 0 Å². The maximum Gasteiger partial charge on any atom is 0.228 e. The molecule has 2 aliphatic rings. The van der Waals surface area contributed by atoms with E-state index in [2.05, 4.69) is 15.3 Å². The molecule has 7 heteroatoms. The van der Waals surface area contributed by atoms with Crippen LogP contribution in [0.25, 0.3) is 11.3 Å². The molecule has 5 rings (SSSR count). The molecule has 1 saturated carbocycles. The van der Waals surface area contributed by atoms with Crippen molar-refractivity contribution in [1.29, 1.82) is 0 Å². The summed E-state index contributed by atoms with van der Waals surface area (Å²) >= 11 is 0. The number of aryl methyl sites for hydroxylation is 1. The molecule has 3 aromatic rings. The number of aromatic nitrogens is 2. The third kappa shape index (κ3) is 3.87. The fourth-order valence-corrected chi connectivity index (χ4v) is 4.18. The third-order valence-corrected chi connectivity index (χ3v) is 5.90. The van der Waals surface area contributed by atoms with Gasteiger partial charge in [-0.3, -0.25) is 9.59 Å². The van der Waals surface area contributed by atoms with E-state index in [4.69, 9.17) is 0 Å². The number of fused-ring (bicyclic) bond motifs is 1. The Morgan fingerprint density at radius 1 is 1.13 bits per heavy atom. The van der Waals surface area contributed by atoms with E-state index >= 15 is 0 Å². The van der Waals surface area contributed by atoms with Crippen molar-refractivity contribution >= 4 is 17.5 Å². The van der Waals surface area contributed by atoms with E-state index in [0.717, 1.165) is 54.3 Å². The van der Waals surface area contributed by atoms with Crippen molar-refractivity contribution in [2.75, 3.05) is 5.32 Å². The molecule has 5 nitrogen and oxygen atoms in total. The summed E-state index contributed by atoms with van der Waals surface area (Å²) in [5.74, 6) is -1.28. The number of carbonyl (C=O) groups is 2. The first kappa shape index (κ1) is 19.6. The van der Waals surface area contributed by atoms with E-state index in [1.54, 1.807) is 12.3 Å². The zero-order valence-corrected chi connectivity index (χ0v) is 16.8. The lowest BCUT2D eigenvalue weighted by Gasteiger charge is -2.12. The number of benzene rings is 1.